The standard InChI is InChI=1S/C73H131NO3/c1-3-5-7-9-11-13-15-17-19-21-23-25-27-29-31-33-35-36-37-38-39-41-43-45-47-49-51-53-55-57-59-61-63-65-67-69-73(77)74-71(70-75)72(76)68-66-64-62-60-58-56-54-52-50-48-46-44-42-40-34-32-30-28-26-24-22-20-18-16-14-12-10-8-6-4-2/h5,7,11,13,17,19,23,25,29,31,35-36,38-39,66,68,71-72,75-76H,3-4,6,8-10,12,14-16,18,20-22,24,26-28,30,32-34,37,40-65,67,69-70H2,1-2H3,(H,74,77)/b7-5-,13-11-,19-17-,25-23-,31-29-,36-35-,39-38-,68-66+. The van der Waals surface area contributed by atoms with Gasteiger partial charge in [0.1, 0.15) is 0 Å². The predicted octanol–water partition coefficient (Wildman–Crippen LogP) is 23.2. The molecular weight excluding hydrogens is 939 g/mol. The van der Waals surface area contributed by atoms with Crippen molar-refractivity contribution in [3.63, 3.8) is 0 Å². The van der Waals surface area contributed by atoms with E-state index < -0.39 is 12.1 Å². The molecule has 0 aliphatic rings. The zero-order valence-electron chi connectivity index (χ0n) is 51.5. The number of amides is 1. The zero-order valence-corrected chi connectivity index (χ0v) is 51.5. The van der Waals surface area contributed by atoms with Crippen LogP contribution in [-0.2, 0) is 4.79 Å². The van der Waals surface area contributed by atoms with Crippen molar-refractivity contribution in [2.45, 2.75) is 353 Å². The molecule has 0 radical (unpaired) electrons. The lowest BCUT2D eigenvalue weighted by molar-refractivity contribution is -0.123. The van der Waals surface area contributed by atoms with Gasteiger partial charge in [-0.25, -0.2) is 0 Å². The summed E-state index contributed by atoms with van der Waals surface area (Å²) < 4.78 is 0. The van der Waals surface area contributed by atoms with Crippen LogP contribution in [0.2, 0.25) is 0 Å². The van der Waals surface area contributed by atoms with E-state index in [9.17, 15) is 15.0 Å². The molecule has 4 heteroatoms. The van der Waals surface area contributed by atoms with Gasteiger partial charge in [0.25, 0.3) is 0 Å². The van der Waals surface area contributed by atoms with E-state index in [4.69, 9.17) is 0 Å². The molecule has 0 saturated carbocycles. The molecule has 0 aromatic carbocycles. The number of carbonyl (C=O) groups excluding carboxylic acids is 1. The van der Waals surface area contributed by atoms with Crippen LogP contribution in [0.15, 0.2) is 97.2 Å². The fraction of sp³-hybridized carbons (Fsp3) is 0.767. The molecule has 0 heterocycles. The minimum Gasteiger partial charge on any atom is -0.394 e. The molecule has 4 nitrogen and oxygen atoms in total. The Morgan fingerprint density at radius 2 is 0.571 bits per heavy atom. The first kappa shape index (κ1) is 74.3. The Balaban J connectivity index is 3.50. The Kier molecular flexibility index (Phi) is 65.2. The number of hydrogen-bond donors (Lipinski definition) is 3. The second-order valence-corrected chi connectivity index (χ2v) is 22.9. The first-order valence-electron chi connectivity index (χ1n) is 34.0. The van der Waals surface area contributed by atoms with E-state index in [0.29, 0.717) is 6.42 Å². The summed E-state index contributed by atoms with van der Waals surface area (Å²) in [6, 6.07) is -0.630. The summed E-state index contributed by atoms with van der Waals surface area (Å²) in [7, 11) is 0. The van der Waals surface area contributed by atoms with Crippen molar-refractivity contribution >= 4 is 5.91 Å². The number of nitrogens with one attached hydrogen (secondary N) is 1. The quantitative estimate of drug-likeness (QED) is 0.0420. The lowest BCUT2D eigenvalue weighted by Crippen LogP contribution is -2.45. The van der Waals surface area contributed by atoms with E-state index in [1.165, 1.54) is 250 Å². The van der Waals surface area contributed by atoms with E-state index in [1.807, 2.05) is 6.08 Å². The average molecular weight is 1070 g/mol. The van der Waals surface area contributed by atoms with Crippen LogP contribution in [-0.4, -0.2) is 34.9 Å². The molecule has 0 aliphatic heterocycles. The summed E-state index contributed by atoms with van der Waals surface area (Å²) >= 11 is 0. The van der Waals surface area contributed by atoms with Crippen molar-refractivity contribution in [2.24, 2.45) is 0 Å². The second kappa shape index (κ2) is 67.6. The van der Waals surface area contributed by atoms with Gasteiger partial charge in [-0.05, 0) is 77.0 Å². The maximum atomic E-state index is 12.5. The van der Waals surface area contributed by atoms with Gasteiger partial charge in [0.05, 0.1) is 18.8 Å². The van der Waals surface area contributed by atoms with Gasteiger partial charge in [0.2, 0.25) is 5.91 Å². The second-order valence-electron chi connectivity index (χ2n) is 22.9. The SMILES string of the molecule is CC/C=C\C/C=C\C/C=C\C/C=C\C/C=C\C/C=C\C/C=C\CCCCCCCCCCCCCCCC(=O)NC(CO)C(O)/C=C/CCCCCCCCCCCCCCCCCCCCCCCCCCCCCC. The first-order valence-corrected chi connectivity index (χ1v) is 34.0. The van der Waals surface area contributed by atoms with E-state index in [1.54, 1.807) is 6.08 Å². The largest absolute Gasteiger partial charge is 0.394 e. The molecule has 0 saturated heterocycles. The molecule has 1 amide bonds. The minimum absolute atomic E-state index is 0.0643. The highest BCUT2D eigenvalue weighted by Crippen LogP contribution is 2.18. The molecule has 0 rings (SSSR count). The number of aliphatic hydroxyl groups is 2. The maximum absolute atomic E-state index is 12.5. The van der Waals surface area contributed by atoms with Gasteiger partial charge < -0.3 is 15.5 Å². The summed E-state index contributed by atoms with van der Waals surface area (Å²) in [4.78, 5) is 12.5. The van der Waals surface area contributed by atoms with Crippen molar-refractivity contribution in [2.75, 3.05) is 6.61 Å². The van der Waals surface area contributed by atoms with Gasteiger partial charge in [-0.3, -0.25) is 4.79 Å². The summed E-state index contributed by atoms with van der Waals surface area (Å²) in [5.41, 5.74) is 0. The smallest absolute Gasteiger partial charge is 0.220 e. The number of hydrogen-bond acceptors (Lipinski definition) is 3. The van der Waals surface area contributed by atoms with Crippen molar-refractivity contribution in [1.29, 1.82) is 0 Å². The predicted molar refractivity (Wildman–Crippen MR) is 345 cm³/mol. The van der Waals surface area contributed by atoms with Crippen molar-refractivity contribution in [1.82, 2.24) is 5.32 Å². The lowest BCUT2D eigenvalue weighted by atomic mass is 10.0. The average Bonchev–Trinajstić information content (AvgIpc) is 3.43. The molecule has 0 aromatic rings. The summed E-state index contributed by atoms with van der Waals surface area (Å²) in [6.07, 6.45) is 100. The van der Waals surface area contributed by atoms with Crippen LogP contribution in [0.25, 0.3) is 0 Å². The molecule has 0 aliphatic carbocycles. The maximum Gasteiger partial charge on any atom is 0.220 e. The summed E-state index contributed by atoms with van der Waals surface area (Å²) in [6.45, 7) is 4.22. The topological polar surface area (TPSA) is 69.6 Å². The van der Waals surface area contributed by atoms with Crippen LogP contribution in [0.4, 0.5) is 0 Å². The third kappa shape index (κ3) is 64.0. The van der Waals surface area contributed by atoms with E-state index in [-0.39, 0.29) is 12.5 Å². The molecule has 77 heavy (non-hydrogen) atoms. The number of rotatable bonds is 62. The zero-order chi connectivity index (χ0) is 55.5. The van der Waals surface area contributed by atoms with E-state index in [2.05, 4.69) is 104 Å². The van der Waals surface area contributed by atoms with Gasteiger partial charge in [-0.15, -0.1) is 0 Å². The normalized spacial score (nSPS) is 13.4. The Bertz CT molecular complexity index is 1400. The van der Waals surface area contributed by atoms with Crippen LogP contribution < -0.4 is 5.32 Å². The lowest BCUT2D eigenvalue weighted by Gasteiger charge is -2.20. The molecule has 0 spiro atoms. The first-order chi connectivity index (χ1) is 38.2. The fourth-order valence-corrected chi connectivity index (χ4v) is 10.2. The van der Waals surface area contributed by atoms with Crippen molar-refractivity contribution in [3.8, 4) is 0 Å². The molecule has 2 unspecified atom stereocenters. The molecule has 0 bridgehead atoms. The molecule has 0 aromatic heterocycles. The third-order valence-electron chi connectivity index (χ3n) is 15.3. The van der Waals surface area contributed by atoms with Crippen LogP contribution >= 0.6 is 0 Å². The van der Waals surface area contributed by atoms with Crippen LogP contribution in [0.5, 0.6) is 0 Å². The van der Waals surface area contributed by atoms with Crippen LogP contribution in [0.3, 0.4) is 0 Å². The number of unbranched alkanes of at least 4 members (excludes halogenated alkanes) is 41. The third-order valence-corrected chi connectivity index (χ3v) is 15.3. The van der Waals surface area contributed by atoms with Gasteiger partial charge in [-0.2, -0.15) is 0 Å². The highest BCUT2D eigenvalue weighted by Gasteiger charge is 2.18. The van der Waals surface area contributed by atoms with Crippen molar-refractivity contribution < 1.29 is 15.0 Å². The summed E-state index contributed by atoms with van der Waals surface area (Å²) in [5, 5.41) is 23.3. The molecule has 446 valence electrons. The molecule has 0 fully saturated rings. The Morgan fingerprint density at radius 3 is 0.857 bits per heavy atom. The molecule has 2 atom stereocenters. The Hall–Kier alpha value is -2.69. The van der Waals surface area contributed by atoms with Gasteiger partial charge >= 0.3 is 0 Å². The number of carbonyl (C=O) groups is 1. The number of aliphatic hydroxyl groups excluding tert-OH is 2. The monoisotopic (exact) mass is 1070 g/mol. The van der Waals surface area contributed by atoms with Crippen molar-refractivity contribution in [3.05, 3.63) is 97.2 Å². The van der Waals surface area contributed by atoms with E-state index >= 15 is 0 Å². The molecule has 3 N–H and O–H groups in total. The van der Waals surface area contributed by atoms with Crippen LogP contribution in [0.1, 0.15) is 341 Å². The fourth-order valence-electron chi connectivity index (χ4n) is 10.2. The van der Waals surface area contributed by atoms with Gasteiger partial charge in [0, 0.05) is 6.42 Å². The highest BCUT2D eigenvalue weighted by molar-refractivity contribution is 5.76. The Labute approximate surface area is 481 Å². The van der Waals surface area contributed by atoms with Gasteiger partial charge in [0.15, 0.2) is 0 Å². The Morgan fingerprint density at radius 1 is 0.325 bits per heavy atom. The number of allylic oxidation sites excluding steroid dienone is 15. The summed E-state index contributed by atoms with van der Waals surface area (Å²) in [5.74, 6) is -0.0643. The van der Waals surface area contributed by atoms with Gasteiger partial charge in [-0.1, -0.05) is 355 Å². The highest BCUT2D eigenvalue weighted by atomic mass is 16.3. The van der Waals surface area contributed by atoms with E-state index in [0.717, 1.165) is 70.6 Å². The van der Waals surface area contributed by atoms with Crippen LogP contribution in [0, 0.1) is 0 Å². The minimum atomic E-state index is -0.847. The molecular formula is C73H131NO3.